The number of furan rings is 1. The highest BCUT2D eigenvalue weighted by Crippen LogP contribution is 2.29. The van der Waals surface area contributed by atoms with Crippen molar-refractivity contribution in [1.82, 2.24) is 5.43 Å². The summed E-state index contributed by atoms with van der Waals surface area (Å²) in [5, 5.41) is 25.6. The van der Waals surface area contributed by atoms with E-state index >= 15 is 0 Å². The molecule has 3 rings (SSSR count). The molecule has 0 aliphatic rings. The molecule has 0 bridgehead atoms. The number of hydrazone groups is 1. The Morgan fingerprint density at radius 2 is 1.84 bits per heavy atom. The molecule has 11 nitrogen and oxygen atoms in total. The van der Waals surface area contributed by atoms with E-state index < -0.39 is 22.4 Å². The van der Waals surface area contributed by atoms with Crippen molar-refractivity contribution in [3.05, 3.63) is 85.6 Å². The summed E-state index contributed by atoms with van der Waals surface area (Å²) < 4.78 is 10.7. The molecule has 0 radical (unpaired) electrons. The van der Waals surface area contributed by atoms with Crippen LogP contribution in [0.4, 0.5) is 11.4 Å². The third-order valence-electron chi connectivity index (χ3n) is 3.85. The lowest BCUT2D eigenvalue weighted by Crippen LogP contribution is -2.24. The van der Waals surface area contributed by atoms with Gasteiger partial charge in [-0.05, 0) is 36.4 Å². The highest BCUT2D eigenvalue weighted by atomic mass is 35.5. The van der Waals surface area contributed by atoms with Crippen molar-refractivity contribution >= 4 is 35.1 Å². The normalized spacial score (nSPS) is 10.7. The number of benzene rings is 2. The van der Waals surface area contributed by atoms with E-state index in [1.54, 1.807) is 24.3 Å². The van der Waals surface area contributed by atoms with E-state index in [0.29, 0.717) is 17.1 Å². The molecule has 1 heterocycles. The van der Waals surface area contributed by atoms with Crippen LogP contribution in [0.5, 0.6) is 5.75 Å². The fourth-order valence-corrected chi connectivity index (χ4v) is 2.59. The molecule has 1 amide bonds. The molecule has 0 aliphatic heterocycles. The summed E-state index contributed by atoms with van der Waals surface area (Å²) in [7, 11) is 0. The van der Waals surface area contributed by atoms with E-state index in [0.717, 1.165) is 6.07 Å². The predicted octanol–water partition coefficient (Wildman–Crippen LogP) is 3.95. The summed E-state index contributed by atoms with van der Waals surface area (Å²) in [4.78, 5) is 32.4. The number of non-ortho nitro benzene ring substituents is 1. The van der Waals surface area contributed by atoms with Crippen molar-refractivity contribution in [2.24, 2.45) is 5.10 Å². The molecular formula is C19H13ClN4O7. The number of carbonyl (C=O) groups excluding carboxylic acids is 1. The molecule has 0 saturated carbocycles. The summed E-state index contributed by atoms with van der Waals surface area (Å²) in [6.45, 7) is -0.508. The zero-order valence-electron chi connectivity index (χ0n) is 15.6. The van der Waals surface area contributed by atoms with Gasteiger partial charge in [-0.2, -0.15) is 5.10 Å². The largest absolute Gasteiger partial charge is 0.477 e. The van der Waals surface area contributed by atoms with Gasteiger partial charge >= 0.3 is 5.69 Å². The van der Waals surface area contributed by atoms with Gasteiger partial charge in [-0.1, -0.05) is 11.6 Å². The van der Waals surface area contributed by atoms with Crippen molar-refractivity contribution in [1.29, 1.82) is 0 Å². The van der Waals surface area contributed by atoms with E-state index in [1.165, 1.54) is 30.5 Å². The monoisotopic (exact) mass is 444 g/mol. The number of halogens is 1. The number of rotatable bonds is 8. The van der Waals surface area contributed by atoms with Crippen molar-refractivity contribution in [3.8, 4) is 17.1 Å². The molecule has 0 spiro atoms. The smallest absolute Gasteiger partial charge is 0.312 e. The number of amides is 1. The van der Waals surface area contributed by atoms with Gasteiger partial charge in [0.1, 0.15) is 11.5 Å². The second-order valence-electron chi connectivity index (χ2n) is 5.96. The summed E-state index contributed by atoms with van der Waals surface area (Å²) >= 11 is 5.72. The van der Waals surface area contributed by atoms with Crippen LogP contribution >= 0.6 is 11.6 Å². The first kappa shape index (κ1) is 21.5. The Labute approximate surface area is 179 Å². The Balaban J connectivity index is 1.55. The van der Waals surface area contributed by atoms with Gasteiger partial charge in [0.25, 0.3) is 11.6 Å². The van der Waals surface area contributed by atoms with Crippen LogP contribution in [0.1, 0.15) is 5.76 Å². The number of ether oxygens (including phenoxy) is 1. The van der Waals surface area contributed by atoms with Crippen LogP contribution in [0.25, 0.3) is 11.3 Å². The molecule has 12 heteroatoms. The molecule has 0 atom stereocenters. The standard InChI is InChI=1S/C19H13ClN4O7/c20-13-3-7-18(16(9-13)24(28)29)30-11-19(25)22-21-10-15-6-8-17(31-15)12-1-4-14(5-2-12)23(26)27/h1-10H,11H2,(H,22,25). The Morgan fingerprint density at radius 3 is 2.52 bits per heavy atom. The zero-order chi connectivity index (χ0) is 22.4. The van der Waals surface area contributed by atoms with E-state index in [4.69, 9.17) is 20.8 Å². The van der Waals surface area contributed by atoms with Crippen molar-refractivity contribution < 1.29 is 23.8 Å². The first-order valence-corrected chi connectivity index (χ1v) is 8.94. The first-order valence-electron chi connectivity index (χ1n) is 8.57. The van der Waals surface area contributed by atoms with Crippen molar-refractivity contribution in [2.45, 2.75) is 0 Å². The average Bonchev–Trinajstić information content (AvgIpc) is 3.21. The molecule has 1 aromatic heterocycles. The number of hydrogen-bond donors (Lipinski definition) is 1. The molecular weight excluding hydrogens is 432 g/mol. The van der Waals surface area contributed by atoms with Gasteiger partial charge in [0.15, 0.2) is 12.4 Å². The summed E-state index contributed by atoms with van der Waals surface area (Å²) in [5.41, 5.74) is 2.44. The third-order valence-corrected chi connectivity index (χ3v) is 4.08. The highest BCUT2D eigenvalue weighted by Gasteiger charge is 2.16. The molecule has 2 aromatic carbocycles. The Kier molecular flexibility index (Phi) is 6.58. The number of nitrogens with zero attached hydrogens (tertiary/aromatic N) is 3. The topological polar surface area (TPSA) is 150 Å². The third kappa shape index (κ3) is 5.64. The molecule has 0 aliphatic carbocycles. The van der Waals surface area contributed by atoms with Gasteiger partial charge in [-0.15, -0.1) is 0 Å². The van der Waals surface area contributed by atoms with Crippen LogP contribution < -0.4 is 10.2 Å². The molecule has 0 saturated heterocycles. The maximum Gasteiger partial charge on any atom is 0.312 e. The maximum atomic E-state index is 11.8. The summed E-state index contributed by atoms with van der Waals surface area (Å²) in [6, 6.07) is 12.9. The minimum atomic E-state index is -0.670. The van der Waals surface area contributed by atoms with Crippen molar-refractivity contribution in [2.75, 3.05) is 6.61 Å². The first-order chi connectivity index (χ1) is 14.8. The molecule has 3 aromatic rings. The van der Waals surface area contributed by atoms with Gasteiger partial charge < -0.3 is 9.15 Å². The molecule has 1 N–H and O–H groups in total. The minimum absolute atomic E-state index is 0.0362. The Bertz CT molecular complexity index is 1160. The fraction of sp³-hybridized carbons (Fsp3) is 0.0526. The predicted molar refractivity (Wildman–Crippen MR) is 110 cm³/mol. The molecule has 158 valence electrons. The zero-order valence-corrected chi connectivity index (χ0v) is 16.3. The molecule has 0 unspecified atom stereocenters. The highest BCUT2D eigenvalue weighted by molar-refractivity contribution is 6.30. The van der Waals surface area contributed by atoms with Gasteiger partial charge in [0.05, 0.1) is 16.1 Å². The van der Waals surface area contributed by atoms with Crippen molar-refractivity contribution in [3.63, 3.8) is 0 Å². The van der Waals surface area contributed by atoms with Crippen LogP contribution in [0.15, 0.2) is 64.1 Å². The van der Waals surface area contributed by atoms with Crippen LogP contribution in [0, 0.1) is 20.2 Å². The Hall–Kier alpha value is -4.25. The van der Waals surface area contributed by atoms with Gasteiger partial charge in [-0.25, -0.2) is 5.43 Å². The van der Waals surface area contributed by atoms with E-state index in [2.05, 4.69) is 10.5 Å². The maximum absolute atomic E-state index is 11.8. The van der Waals surface area contributed by atoms with Gasteiger partial charge in [0, 0.05) is 28.8 Å². The fourth-order valence-electron chi connectivity index (χ4n) is 2.42. The second kappa shape index (κ2) is 9.50. The van der Waals surface area contributed by atoms with Gasteiger partial charge in [0.2, 0.25) is 0 Å². The van der Waals surface area contributed by atoms with Crippen LogP contribution in [0.3, 0.4) is 0 Å². The Morgan fingerprint density at radius 1 is 1.10 bits per heavy atom. The van der Waals surface area contributed by atoms with E-state index in [9.17, 15) is 25.0 Å². The summed E-state index contributed by atoms with van der Waals surface area (Å²) in [6.07, 6.45) is 1.25. The molecule has 0 fully saturated rings. The number of nitro groups is 2. The van der Waals surface area contributed by atoms with Crippen LogP contribution in [0.2, 0.25) is 5.02 Å². The number of carbonyl (C=O) groups is 1. The molecule has 31 heavy (non-hydrogen) atoms. The SMILES string of the molecule is O=C(COc1ccc(Cl)cc1[N+](=O)[O-])NN=Cc1ccc(-c2ccc([N+](=O)[O-])cc2)o1. The average molecular weight is 445 g/mol. The lowest BCUT2D eigenvalue weighted by Gasteiger charge is -2.05. The lowest BCUT2D eigenvalue weighted by molar-refractivity contribution is -0.385. The van der Waals surface area contributed by atoms with Gasteiger partial charge in [-0.3, -0.25) is 25.0 Å². The van der Waals surface area contributed by atoms with E-state index in [-0.39, 0.29) is 22.1 Å². The number of nitrogens with one attached hydrogen (secondary N) is 1. The summed E-state index contributed by atoms with van der Waals surface area (Å²) in [5.74, 6) is 0.0268. The lowest BCUT2D eigenvalue weighted by atomic mass is 10.1. The van der Waals surface area contributed by atoms with Crippen LogP contribution in [-0.4, -0.2) is 28.6 Å². The number of nitro benzene ring substituents is 2. The minimum Gasteiger partial charge on any atom is -0.477 e. The second-order valence-corrected chi connectivity index (χ2v) is 6.39. The quantitative estimate of drug-likeness (QED) is 0.314. The van der Waals surface area contributed by atoms with E-state index in [1.807, 2.05) is 0 Å². The van der Waals surface area contributed by atoms with Crippen LogP contribution in [-0.2, 0) is 4.79 Å². The number of hydrogen-bond acceptors (Lipinski definition) is 8.